The van der Waals surface area contributed by atoms with Gasteiger partial charge in [-0.15, -0.1) is 10.2 Å². The van der Waals surface area contributed by atoms with Crippen molar-refractivity contribution in [3.63, 3.8) is 0 Å². The van der Waals surface area contributed by atoms with E-state index in [1.807, 2.05) is 0 Å². The molecule has 2 amide bonds. The van der Waals surface area contributed by atoms with Crippen LogP contribution in [0.5, 0.6) is 0 Å². The number of carbonyl (C=O) groups excluding carboxylic acids is 2. The summed E-state index contributed by atoms with van der Waals surface area (Å²) in [5.41, 5.74) is 0.337. The topological polar surface area (TPSA) is 96.5 Å². The number of hydrogen-bond acceptors (Lipinski definition) is 7. The van der Waals surface area contributed by atoms with E-state index < -0.39 is 11.7 Å². The zero-order valence-corrected chi connectivity index (χ0v) is 16.8. The zero-order valence-electron chi connectivity index (χ0n) is 16.0. The summed E-state index contributed by atoms with van der Waals surface area (Å²) in [7, 11) is 0. The van der Waals surface area contributed by atoms with Crippen molar-refractivity contribution >= 4 is 28.8 Å². The van der Waals surface area contributed by atoms with E-state index in [2.05, 4.69) is 25.7 Å². The summed E-state index contributed by atoms with van der Waals surface area (Å²) in [5, 5.41) is 13.7. The van der Waals surface area contributed by atoms with Gasteiger partial charge in [0.15, 0.2) is 0 Å². The predicted molar refractivity (Wildman–Crippen MR) is 107 cm³/mol. The van der Waals surface area contributed by atoms with E-state index in [0.717, 1.165) is 31.0 Å². The molecular weight excluding hydrogens is 397 g/mol. The molecule has 0 spiro atoms. The van der Waals surface area contributed by atoms with Gasteiger partial charge in [0.2, 0.25) is 10.9 Å². The maximum atomic E-state index is 13.2. The summed E-state index contributed by atoms with van der Waals surface area (Å²) in [4.78, 5) is 26.3. The number of likely N-dealkylation sites (tertiary alicyclic amines) is 1. The third kappa shape index (κ3) is 7.15. The third-order valence-electron chi connectivity index (χ3n) is 4.40. The van der Waals surface area contributed by atoms with Gasteiger partial charge in [-0.2, -0.15) is 0 Å². The lowest BCUT2D eigenvalue weighted by Crippen LogP contribution is -2.38. The first-order valence-electron chi connectivity index (χ1n) is 9.56. The molecule has 1 aliphatic rings. The van der Waals surface area contributed by atoms with E-state index in [1.54, 1.807) is 6.07 Å². The largest absolute Gasteiger partial charge is 0.364 e. The number of benzene rings is 1. The number of aromatic nitrogens is 2. The van der Waals surface area contributed by atoms with Gasteiger partial charge in [-0.25, -0.2) is 4.39 Å². The zero-order chi connectivity index (χ0) is 20.5. The fourth-order valence-corrected chi connectivity index (χ4v) is 3.65. The smallest absolute Gasteiger partial charge is 0.286 e. The number of piperidine rings is 1. The molecule has 3 rings (SSSR count). The first-order chi connectivity index (χ1) is 14.1. The van der Waals surface area contributed by atoms with Crippen LogP contribution in [0.1, 0.15) is 34.1 Å². The number of ether oxygens (including phenoxy) is 1. The van der Waals surface area contributed by atoms with Crippen molar-refractivity contribution in [1.82, 2.24) is 20.4 Å². The van der Waals surface area contributed by atoms with Crippen LogP contribution >= 0.6 is 11.3 Å². The Morgan fingerprint density at radius 1 is 1.21 bits per heavy atom. The van der Waals surface area contributed by atoms with Crippen molar-refractivity contribution in [3.05, 3.63) is 40.1 Å². The summed E-state index contributed by atoms with van der Waals surface area (Å²) in [5.74, 6) is -1.10. The highest BCUT2D eigenvalue weighted by Gasteiger charge is 2.14. The van der Waals surface area contributed by atoms with Crippen LogP contribution in [0.3, 0.4) is 0 Å². The van der Waals surface area contributed by atoms with Gasteiger partial charge in [-0.3, -0.25) is 9.59 Å². The predicted octanol–water partition coefficient (Wildman–Crippen LogP) is 2.05. The molecular formula is C19H24FN5O3S. The molecule has 0 unspecified atom stereocenters. The van der Waals surface area contributed by atoms with E-state index in [1.165, 1.54) is 37.5 Å². The van der Waals surface area contributed by atoms with Crippen LogP contribution in [0.15, 0.2) is 24.3 Å². The molecule has 156 valence electrons. The lowest BCUT2D eigenvalue weighted by atomic mass is 10.1. The molecule has 2 heterocycles. The van der Waals surface area contributed by atoms with Crippen LogP contribution in [0.4, 0.5) is 10.1 Å². The molecule has 8 nitrogen and oxygen atoms in total. The van der Waals surface area contributed by atoms with Crippen molar-refractivity contribution in [2.75, 3.05) is 38.1 Å². The Bertz CT molecular complexity index is 826. The van der Waals surface area contributed by atoms with Crippen molar-refractivity contribution in [2.24, 2.45) is 0 Å². The summed E-state index contributed by atoms with van der Waals surface area (Å²) in [6.07, 6.45) is 3.73. The molecule has 1 fully saturated rings. The molecule has 10 heteroatoms. The Balaban J connectivity index is 1.34. The molecule has 1 aromatic heterocycles. The highest BCUT2D eigenvalue weighted by atomic mass is 32.1. The molecule has 0 aliphatic carbocycles. The van der Waals surface area contributed by atoms with E-state index in [4.69, 9.17) is 4.74 Å². The Morgan fingerprint density at radius 3 is 2.83 bits per heavy atom. The Kier molecular flexibility index (Phi) is 8.03. The maximum Gasteiger partial charge on any atom is 0.286 e. The third-order valence-corrected chi connectivity index (χ3v) is 5.30. The molecule has 2 aromatic rings. The molecule has 1 aromatic carbocycles. The number of nitrogens with zero attached hydrogens (tertiary/aromatic N) is 3. The molecule has 1 aliphatic heterocycles. The number of halogens is 1. The number of hydrogen-bond donors (Lipinski definition) is 2. The van der Waals surface area contributed by atoms with Gasteiger partial charge in [-0.1, -0.05) is 23.8 Å². The Morgan fingerprint density at radius 2 is 2.03 bits per heavy atom. The van der Waals surface area contributed by atoms with Crippen LogP contribution in [0, 0.1) is 5.82 Å². The van der Waals surface area contributed by atoms with Crippen LogP contribution in [-0.4, -0.2) is 59.7 Å². The number of rotatable bonds is 9. The van der Waals surface area contributed by atoms with Gasteiger partial charge < -0.3 is 20.3 Å². The normalized spacial score (nSPS) is 14.5. The molecule has 0 radical (unpaired) electrons. The number of carbonyl (C=O) groups is 2. The quantitative estimate of drug-likeness (QED) is 0.643. The second kappa shape index (κ2) is 10.9. The monoisotopic (exact) mass is 421 g/mol. The van der Waals surface area contributed by atoms with Crippen LogP contribution in [-0.2, 0) is 16.1 Å². The molecule has 29 heavy (non-hydrogen) atoms. The summed E-state index contributed by atoms with van der Waals surface area (Å²) < 4.78 is 18.5. The van der Waals surface area contributed by atoms with E-state index >= 15 is 0 Å². The SMILES string of the molecule is O=C(COCc1nnc(C(=O)Nc2cccc(F)c2)s1)NCCN1CCCCC1. The summed E-state index contributed by atoms with van der Waals surface area (Å²) in [6, 6.07) is 5.59. The van der Waals surface area contributed by atoms with E-state index in [0.29, 0.717) is 17.2 Å². The van der Waals surface area contributed by atoms with Gasteiger partial charge in [0.1, 0.15) is 24.0 Å². The second-order valence-electron chi connectivity index (χ2n) is 6.71. The van der Waals surface area contributed by atoms with Crippen molar-refractivity contribution in [1.29, 1.82) is 0 Å². The second-order valence-corrected chi connectivity index (χ2v) is 7.77. The minimum atomic E-state index is -0.477. The average Bonchev–Trinajstić information content (AvgIpc) is 3.18. The van der Waals surface area contributed by atoms with Crippen molar-refractivity contribution in [3.8, 4) is 0 Å². The highest BCUT2D eigenvalue weighted by Crippen LogP contribution is 2.15. The minimum absolute atomic E-state index is 0.0790. The molecule has 2 N–H and O–H groups in total. The molecule has 0 saturated carbocycles. The molecule has 1 saturated heterocycles. The van der Waals surface area contributed by atoms with Gasteiger partial charge in [0.25, 0.3) is 5.91 Å². The average molecular weight is 421 g/mol. The fourth-order valence-electron chi connectivity index (χ4n) is 2.97. The van der Waals surface area contributed by atoms with Crippen molar-refractivity contribution < 1.29 is 18.7 Å². The van der Waals surface area contributed by atoms with E-state index in [-0.39, 0.29) is 24.1 Å². The van der Waals surface area contributed by atoms with Gasteiger partial charge in [-0.05, 0) is 44.1 Å². The standard InChI is InChI=1S/C19H24FN5O3S/c20-14-5-4-6-15(11-14)22-18(27)19-24-23-17(29-19)13-28-12-16(26)21-7-10-25-8-2-1-3-9-25/h4-6,11H,1-3,7-10,12-13H2,(H,21,26)(H,22,27). The molecule has 0 bridgehead atoms. The first kappa shape index (κ1) is 21.3. The number of nitrogens with one attached hydrogen (secondary N) is 2. The number of amides is 2. The van der Waals surface area contributed by atoms with E-state index in [9.17, 15) is 14.0 Å². The Hall–Kier alpha value is -2.43. The van der Waals surface area contributed by atoms with Gasteiger partial charge in [0, 0.05) is 18.8 Å². The number of anilines is 1. The first-order valence-corrected chi connectivity index (χ1v) is 10.4. The fraction of sp³-hybridized carbons (Fsp3) is 0.474. The molecule has 0 atom stereocenters. The minimum Gasteiger partial charge on any atom is -0.364 e. The van der Waals surface area contributed by atoms with Crippen molar-refractivity contribution in [2.45, 2.75) is 25.9 Å². The highest BCUT2D eigenvalue weighted by molar-refractivity contribution is 7.13. The maximum absolute atomic E-state index is 13.2. The van der Waals surface area contributed by atoms with Crippen LogP contribution in [0.2, 0.25) is 0 Å². The lowest BCUT2D eigenvalue weighted by molar-refractivity contribution is -0.126. The Labute approximate surface area is 172 Å². The van der Waals surface area contributed by atoms with Gasteiger partial charge in [0.05, 0.1) is 0 Å². The van der Waals surface area contributed by atoms with Crippen LogP contribution in [0.25, 0.3) is 0 Å². The summed E-state index contributed by atoms with van der Waals surface area (Å²) in [6.45, 7) is 3.66. The lowest BCUT2D eigenvalue weighted by Gasteiger charge is -2.26. The van der Waals surface area contributed by atoms with Crippen LogP contribution < -0.4 is 10.6 Å². The summed E-state index contributed by atoms with van der Waals surface area (Å²) >= 11 is 1.06. The van der Waals surface area contributed by atoms with Gasteiger partial charge >= 0.3 is 0 Å².